The van der Waals surface area contributed by atoms with Gasteiger partial charge in [0.05, 0.1) is 31.0 Å². The third kappa shape index (κ3) is 3.99. The van der Waals surface area contributed by atoms with Crippen molar-refractivity contribution in [1.29, 1.82) is 0 Å². The van der Waals surface area contributed by atoms with E-state index in [1.54, 1.807) is 14.2 Å². The van der Waals surface area contributed by atoms with Crippen LogP contribution in [0, 0.1) is 6.92 Å². The highest BCUT2D eigenvalue weighted by molar-refractivity contribution is 5.31. The number of nitrogens with one attached hydrogen (secondary N) is 1. The first-order valence-electron chi connectivity index (χ1n) is 6.42. The molecule has 0 spiro atoms. The van der Waals surface area contributed by atoms with Crippen LogP contribution in [0.5, 0.6) is 0 Å². The van der Waals surface area contributed by atoms with Gasteiger partial charge in [-0.05, 0) is 20.3 Å². The van der Waals surface area contributed by atoms with Crippen LogP contribution in [0.15, 0.2) is 6.20 Å². The van der Waals surface area contributed by atoms with Crippen molar-refractivity contribution in [3.63, 3.8) is 0 Å². The number of methoxy groups -OCH3 is 2. The second-order valence-corrected chi connectivity index (χ2v) is 4.62. The molecule has 1 heterocycles. The van der Waals surface area contributed by atoms with E-state index in [1.807, 2.05) is 13.1 Å². The van der Waals surface area contributed by atoms with Crippen LogP contribution in [-0.2, 0) is 9.47 Å². The van der Waals surface area contributed by atoms with E-state index in [1.165, 1.54) is 0 Å². The van der Waals surface area contributed by atoms with Gasteiger partial charge < -0.3 is 19.4 Å². The molecule has 1 rings (SSSR count). The summed E-state index contributed by atoms with van der Waals surface area (Å²) in [5.41, 5.74) is 1.01. The standard InChI is InChI=1S/C13H25N3O2/c1-6-12(9-18-5)15-13-14-10(2)7-16(13)11(3)8-17-4/h7,11-12H,6,8-9H2,1-5H3,(H,14,15). The van der Waals surface area contributed by atoms with E-state index < -0.39 is 0 Å². The second kappa shape index (κ2) is 7.38. The molecule has 0 bridgehead atoms. The molecule has 0 aromatic carbocycles. The molecule has 18 heavy (non-hydrogen) atoms. The molecule has 1 aromatic rings. The largest absolute Gasteiger partial charge is 0.383 e. The van der Waals surface area contributed by atoms with Crippen LogP contribution >= 0.6 is 0 Å². The minimum Gasteiger partial charge on any atom is -0.383 e. The van der Waals surface area contributed by atoms with Gasteiger partial charge in [0.1, 0.15) is 0 Å². The highest BCUT2D eigenvalue weighted by Crippen LogP contribution is 2.17. The Morgan fingerprint density at radius 1 is 1.33 bits per heavy atom. The van der Waals surface area contributed by atoms with Gasteiger partial charge in [-0.3, -0.25) is 0 Å². The van der Waals surface area contributed by atoms with E-state index in [4.69, 9.17) is 9.47 Å². The number of aryl methyl sites for hydroxylation is 1. The molecule has 0 aliphatic heterocycles. The van der Waals surface area contributed by atoms with Crippen LogP contribution < -0.4 is 5.32 Å². The summed E-state index contributed by atoms with van der Waals surface area (Å²) in [4.78, 5) is 4.52. The first-order chi connectivity index (χ1) is 8.62. The van der Waals surface area contributed by atoms with E-state index in [-0.39, 0.29) is 12.1 Å². The minimum atomic E-state index is 0.263. The predicted octanol–water partition coefficient (Wildman–Crippen LogP) is 2.24. The monoisotopic (exact) mass is 255 g/mol. The number of ether oxygens (including phenoxy) is 2. The summed E-state index contributed by atoms with van der Waals surface area (Å²) in [7, 11) is 3.43. The van der Waals surface area contributed by atoms with Crippen molar-refractivity contribution in [2.45, 2.75) is 39.3 Å². The lowest BCUT2D eigenvalue weighted by atomic mass is 10.2. The van der Waals surface area contributed by atoms with Crippen molar-refractivity contribution in [1.82, 2.24) is 9.55 Å². The summed E-state index contributed by atoms with van der Waals surface area (Å²) in [5, 5.41) is 3.43. The van der Waals surface area contributed by atoms with Crippen molar-refractivity contribution >= 4 is 5.95 Å². The van der Waals surface area contributed by atoms with Gasteiger partial charge in [-0.25, -0.2) is 4.98 Å². The summed E-state index contributed by atoms with van der Waals surface area (Å²) >= 11 is 0. The van der Waals surface area contributed by atoms with Crippen LogP contribution in [0.4, 0.5) is 5.95 Å². The summed E-state index contributed by atoms with van der Waals surface area (Å²) in [5.74, 6) is 0.890. The molecule has 2 unspecified atom stereocenters. The number of nitrogens with zero attached hydrogens (tertiary/aromatic N) is 2. The molecule has 2 atom stereocenters. The molecule has 0 aliphatic carbocycles. The fraction of sp³-hybridized carbons (Fsp3) is 0.769. The lowest BCUT2D eigenvalue weighted by Crippen LogP contribution is -2.26. The van der Waals surface area contributed by atoms with Crippen molar-refractivity contribution in [3.05, 3.63) is 11.9 Å². The van der Waals surface area contributed by atoms with Gasteiger partial charge in [-0.15, -0.1) is 0 Å². The van der Waals surface area contributed by atoms with Gasteiger partial charge in [-0.2, -0.15) is 0 Å². The van der Waals surface area contributed by atoms with Crippen LogP contribution in [-0.4, -0.2) is 43.0 Å². The van der Waals surface area contributed by atoms with E-state index in [0.717, 1.165) is 18.1 Å². The average Bonchev–Trinajstić information content (AvgIpc) is 2.70. The molecule has 104 valence electrons. The van der Waals surface area contributed by atoms with Crippen LogP contribution in [0.3, 0.4) is 0 Å². The molecule has 1 aromatic heterocycles. The number of hydrogen-bond acceptors (Lipinski definition) is 4. The number of imidazole rings is 1. The second-order valence-electron chi connectivity index (χ2n) is 4.62. The molecule has 5 heteroatoms. The zero-order valence-electron chi connectivity index (χ0n) is 12.1. The minimum absolute atomic E-state index is 0.263. The van der Waals surface area contributed by atoms with Gasteiger partial charge >= 0.3 is 0 Å². The summed E-state index contributed by atoms with van der Waals surface area (Å²) in [6.45, 7) is 7.60. The SMILES string of the molecule is CCC(COC)Nc1nc(C)cn1C(C)COC. The molecule has 0 amide bonds. The number of hydrogen-bond donors (Lipinski definition) is 1. The normalized spacial score (nSPS) is 14.5. The molecule has 0 radical (unpaired) electrons. The van der Waals surface area contributed by atoms with Gasteiger partial charge in [0, 0.05) is 20.4 Å². The summed E-state index contributed by atoms with van der Waals surface area (Å²) in [6, 6.07) is 0.545. The Labute approximate surface area is 109 Å². The molecule has 0 aliphatic rings. The Morgan fingerprint density at radius 3 is 2.56 bits per heavy atom. The molecule has 0 fully saturated rings. The van der Waals surface area contributed by atoms with Crippen LogP contribution in [0.1, 0.15) is 32.0 Å². The molecule has 0 saturated heterocycles. The van der Waals surface area contributed by atoms with Crippen molar-refractivity contribution < 1.29 is 9.47 Å². The lowest BCUT2D eigenvalue weighted by Gasteiger charge is -2.20. The average molecular weight is 255 g/mol. The quantitative estimate of drug-likeness (QED) is 0.774. The Morgan fingerprint density at radius 2 is 2.00 bits per heavy atom. The van der Waals surface area contributed by atoms with Crippen molar-refractivity contribution in [2.75, 3.05) is 32.8 Å². The smallest absolute Gasteiger partial charge is 0.203 e. The lowest BCUT2D eigenvalue weighted by molar-refractivity contribution is 0.162. The van der Waals surface area contributed by atoms with Crippen molar-refractivity contribution in [2.24, 2.45) is 0 Å². The maximum absolute atomic E-state index is 5.20. The number of rotatable bonds is 8. The molecule has 0 saturated carbocycles. The van der Waals surface area contributed by atoms with Gasteiger partial charge in [-0.1, -0.05) is 6.92 Å². The Bertz CT molecular complexity index is 352. The number of anilines is 1. The highest BCUT2D eigenvalue weighted by atomic mass is 16.5. The third-order valence-electron chi connectivity index (χ3n) is 2.93. The summed E-state index contributed by atoms with van der Waals surface area (Å²) in [6.07, 6.45) is 3.05. The third-order valence-corrected chi connectivity index (χ3v) is 2.93. The first kappa shape index (κ1) is 15.0. The fourth-order valence-corrected chi connectivity index (χ4v) is 1.93. The van der Waals surface area contributed by atoms with Crippen LogP contribution in [0.2, 0.25) is 0 Å². The van der Waals surface area contributed by atoms with Crippen molar-refractivity contribution in [3.8, 4) is 0 Å². The van der Waals surface area contributed by atoms with Gasteiger partial charge in [0.15, 0.2) is 0 Å². The summed E-state index contributed by atoms with van der Waals surface area (Å²) < 4.78 is 12.5. The van der Waals surface area contributed by atoms with E-state index in [9.17, 15) is 0 Å². The number of aromatic nitrogens is 2. The first-order valence-corrected chi connectivity index (χ1v) is 6.42. The Balaban J connectivity index is 2.80. The van der Waals surface area contributed by atoms with E-state index in [0.29, 0.717) is 13.2 Å². The molecule has 5 nitrogen and oxygen atoms in total. The molecular weight excluding hydrogens is 230 g/mol. The fourth-order valence-electron chi connectivity index (χ4n) is 1.93. The van der Waals surface area contributed by atoms with Gasteiger partial charge in [0.2, 0.25) is 5.95 Å². The Hall–Kier alpha value is -1.07. The maximum atomic E-state index is 5.20. The zero-order valence-corrected chi connectivity index (χ0v) is 12.1. The topological polar surface area (TPSA) is 48.3 Å². The zero-order chi connectivity index (χ0) is 13.5. The highest BCUT2D eigenvalue weighted by Gasteiger charge is 2.14. The van der Waals surface area contributed by atoms with Gasteiger partial charge in [0.25, 0.3) is 0 Å². The van der Waals surface area contributed by atoms with E-state index >= 15 is 0 Å². The Kier molecular flexibility index (Phi) is 6.15. The van der Waals surface area contributed by atoms with Crippen LogP contribution in [0.25, 0.3) is 0 Å². The maximum Gasteiger partial charge on any atom is 0.203 e. The molecular formula is C13H25N3O2. The van der Waals surface area contributed by atoms with E-state index in [2.05, 4.69) is 28.7 Å². The predicted molar refractivity (Wildman–Crippen MR) is 73.1 cm³/mol. The molecule has 1 N–H and O–H groups in total.